The van der Waals surface area contributed by atoms with E-state index in [1.165, 1.54) is 12.1 Å². The van der Waals surface area contributed by atoms with Gasteiger partial charge in [0, 0.05) is 27.7 Å². The summed E-state index contributed by atoms with van der Waals surface area (Å²) < 4.78 is 148. The maximum Gasteiger partial charge on any atom is 0.435 e. The van der Waals surface area contributed by atoms with Gasteiger partial charge in [-0.25, -0.2) is 8.78 Å². The van der Waals surface area contributed by atoms with Crippen molar-refractivity contribution in [3.05, 3.63) is 98.3 Å². The zero-order chi connectivity index (χ0) is 31.8. The average Bonchev–Trinajstić information content (AvgIpc) is 2.87. The van der Waals surface area contributed by atoms with Crippen LogP contribution in [-0.4, -0.2) is 24.0 Å². The van der Waals surface area contributed by atoms with E-state index in [2.05, 4.69) is 21.2 Å². The maximum atomic E-state index is 14.5. The lowest BCUT2D eigenvalue weighted by Gasteiger charge is -2.31. The molecule has 0 spiro atoms. The Bertz CT molecular complexity index is 1580. The molecule has 1 amide bonds. The van der Waals surface area contributed by atoms with Gasteiger partial charge in [-0.1, -0.05) is 28.1 Å². The summed E-state index contributed by atoms with van der Waals surface area (Å²) in [7, 11) is 0. The predicted molar refractivity (Wildman–Crippen MR) is 128 cm³/mol. The van der Waals surface area contributed by atoms with Crippen LogP contribution in [-0.2, 0) is 18.3 Å². The van der Waals surface area contributed by atoms with Crippen molar-refractivity contribution in [1.82, 2.24) is 0 Å². The topological polar surface area (TPSA) is 70.0 Å². The van der Waals surface area contributed by atoms with Crippen molar-refractivity contribution in [2.45, 2.75) is 30.6 Å². The second-order valence-corrected chi connectivity index (χ2v) is 9.43. The second-order valence-electron chi connectivity index (χ2n) is 8.58. The molecule has 0 aliphatic heterocycles. The van der Waals surface area contributed by atoms with E-state index in [0.29, 0.717) is 0 Å². The summed E-state index contributed by atoms with van der Waals surface area (Å²) in [4.78, 5) is 25.3. The lowest BCUT2D eigenvalue weighted by atomic mass is 9.89. The third-order valence-corrected chi connectivity index (χ3v) is 6.51. The number of nitriles is 1. The van der Waals surface area contributed by atoms with Crippen LogP contribution in [0, 0.1) is 17.1 Å². The molecule has 0 bridgehead atoms. The van der Waals surface area contributed by atoms with Gasteiger partial charge in [0.15, 0.2) is 5.78 Å². The predicted octanol–water partition coefficient (Wildman–Crippen LogP) is 8.45. The fourth-order valence-electron chi connectivity index (χ4n) is 3.76. The van der Waals surface area contributed by atoms with Crippen LogP contribution in [0.4, 0.5) is 54.0 Å². The van der Waals surface area contributed by atoms with Crippen LogP contribution in [0.5, 0.6) is 0 Å². The molecule has 0 fully saturated rings. The third kappa shape index (κ3) is 6.40. The van der Waals surface area contributed by atoms with Gasteiger partial charge in [0.1, 0.15) is 5.82 Å². The molecule has 0 unspecified atom stereocenters. The zero-order valence-corrected chi connectivity index (χ0v) is 21.8. The van der Waals surface area contributed by atoms with Crippen molar-refractivity contribution < 1.29 is 57.9 Å². The molecule has 3 aromatic rings. The van der Waals surface area contributed by atoms with Gasteiger partial charge in [0.25, 0.3) is 5.91 Å². The van der Waals surface area contributed by atoms with Gasteiger partial charge >= 0.3 is 24.2 Å². The summed E-state index contributed by atoms with van der Waals surface area (Å²) in [5.74, 6) is -3.21. The van der Waals surface area contributed by atoms with Crippen molar-refractivity contribution in [3.63, 3.8) is 0 Å². The molecular weight excluding hydrogens is 661 g/mol. The zero-order valence-electron chi connectivity index (χ0n) is 20.2. The quantitative estimate of drug-likeness (QED) is 0.211. The molecule has 0 radical (unpaired) electrons. The molecule has 0 heterocycles. The van der Waals surface area contributed by atoms with E-state index in [4.69, 9.17) is 5.26 Å². The fraction of sp³-hybridized carbons (Fsp3) is 0.192. The van der Waals surface area contributed by atoms with Crippen molar-refractivity contribution in [1.29, 1.82) is 5.26 Å². The molecule has 0 aromatic heterocycles. The number of ketones is 1. The highest BCUT2D eigenvalue weighted by Gasteiger charge is 2.73. The molecule has 0 atom stereocenters. The number of nitrogens with zero attached hydrogens (tertiary/aromatic N) is 1. The summed E-state index contributed by atoms with van der Waals surface area (Å²) in [5.41, 5.74) is -12.9. The number of benzene rings is 3. The molecule has 0 saturated carbocycles. The Morgan fingerprint density at radius 2 is 1.48 bits per heavy atom. The first-order chi connectivity index (χ1) is 19.2. The van der Waals surface area contributed by atoms with Crippen LogP contribution >= 0.6 is 15.9 Å². The monoisotopic (exact) mass is 672 g/mol. The van der Waals surface area contributed by atoms with Crippen LogP contribution in [0.25, 0.3) is 0 Å². The number of carbonyl (C=O) groups is 2. The first kappa shape index (κ1) is 32.5. The largest absolute Gasteiger partial charge is 0.435 e. The molecule has 222 valence electrons. The van der Waals surface area contributed by atoms with E-state index in [1.807, 2.05) is 0 Å². The van der Waals surface area contributed by atoms with Gasteiger partial charge in [-0.15, -0.1) is 0 Å². The SMILES string of the molecule is N#Cc1ccc(C(=O)Nc2cccc(C(=O)Cc3c(Br)cc(C(F)(C(F)(F)F)C(F)(F)F)cc3C(F)(F)F)c2)c(F)c1. The molecule has 16 heteroatoms. The van der Waals surface area contributed by atoms with Gasteiger partial charge in [-0.05, 0) is 48.0 Å². The Kier molecular flexibility index (Phi) is 8.79. The van der Waals surface area contributed by atoms with Crippen LogP contribution in [0.15, 0.2) is 59.1 Å². The number of hydrogen-bond donors (Lipinski definition) is 1. The minimum Gasteiger partial charge on any atom is -0.322 e. The summed E-state index contributed by atoms with van der Waals surface area (Å²) in [6.07, 6.45) is -20.2. The Balaban J connectivity index is 1.98. The van der Waals surface area contributed by atoms with Crippen molar-refractivity contribution in [3.8, 4) is 6.07 Å². The van der Waals surface area contributed by atoms with Crippen LogP contribution in [0.3, 0.4) is 0 Å². The Labute approximate surface area is 236 Å². The van der Waals surface area contributed by atoms with Crippen molar-refractivity contribution >= 4 is 33.3 Å². The van der Waals surface area contributed by atoms with Gasteiger partial charge in [0.05, 0.1) is 22.8 Å². The molecule has 3 aromatic carbocycles. The second kappa shape index (κ2) is 11.3. The molecule has 4 nitrogen and oxygen atoms in total. The van der Waals surface area contributed by atoms with Crippen LogP contribution in [0.1, 0.15) is 43.0 Å². The van der Waals surface area contributed by atoms with Crippen molar-refractivity contribution in [2.24, 2.45) is 0 Å². The van der Waals surface area contributed by atoms with Crippen LogP contribution < -0.4 is 5.32 Å². The van der Waals surface area contributed by atoms with Crippen LogP contribution in [0.2, 0.25) is 0 Å². The number of Topliss-reactive ketones (excluding diaryl/α,β-unsaturated/α-hetero) is 1. The maximum absolute atomic E-state index is 14.5. The summed E-state index contributed by atoms with van der Waals surface area (Å²) in [6, 6.07) is 8.24. The molecule has 3 rings (SSSR count). The van der Waals surface area contributed by atoms with E-state index in [9.17, 15) is 57.9 Å². The number of carbonyl (C=O) groups excluding carboxylic acids is 2. The smallest absolute Gasteiger partial charge is 0.322 e. The van der Waals surface area contributed by atoms with Gasteiger partial charge in [-0.3, -0.25) is 9.59 Å². The number of halogens is 12. The number of anilines is 1. The first-order valence-electron chi connectivity index (χ1n) is 11.1. The van der Waals surface area contributed by atoms with E-state index in [-0.39, 0.29) is 22.9 Å². The third-order valence-electron chi connectivity index (χ3n) is 5.80. The van der Waals surface area contributed by atoms with E-state index < -0.39 is 80.9 Å². The number of amides is 1. The summed E-state index contributed by atoms with van der Waals surface area (Å²) >= 11 is 2.44. The summed E-state index contributed by atoms with van der Waals surface area (Å²) in [6.45, 7) is 0. The average molecular weight is 673 g/mol. The lowest BCUT2D eigenvalue weighted by molar-refractivity contribution is -0.348. The molecule has 0 aliphatic carbocycles. The minimum absolute atomic E-state index is 0.0805. The first-order valence-corrected chi connectivity index (χ1v) is 11.9. The van der Waals surface area contributed by atoms with E-state index in [1.54, 1.807) is 6.07 Å². The minimum atomic E-state index is -6.68. The molecule has 1 N–H and O–H groups in total. The van der Waals surface area contributed by atoms with Gasteiger partial charge in [-0.2, -0.15) is 44.8 Å². The normalized spacial score (nSPS) is 12.5. The Morgan fingerprint density at radius 3 is 2.00 bits per heavy atom. The van der Waals surface area contributed by atoms with E-state index >= 15 is 0 Å². The highest BCUT2D eigenvalue weighted by Crippen LogP contribution is 2.54. The fourth-order valence-corrected chi connectivity index (χ4v) is 4.36. The molecule has 0 saturated heterocycles. The summed E-state index contributed by atoms with van der Waals surface area (Å²) in [5, 5.41) is 11.0. The van der Waals surface area contributed by atoms with Gasteiger partial charge in [0.2, 0.25) is 0 Å². The number of rotatable bonds is 6. The standard InChI is InChI=1S/C26H12BrF11N2O2/c27-19-9-14(23(29,25(33,34)35)26(36,37)38)8-18(24(30,31)32)17(19)10-21(41)13-2-1-3-15(7-13)40-22(42)16-5-4-12(11-39)6-20(16)28/h1-9H,10H2,(H,40,42). The highest BCUT2D eigenvalue weighted by atomic mass is 79.9. The lowest BCUT2D eigenvalue weighted by Crippen LogP contribution is -2.50. The molecular formula is C26H12BrF11N2O2. The number of hydrogen-bond acceptors (Lipinski definition) is 3. The Morgan fingerprint density at radius 1 is 0.857 bits per heavy atom. The molecule has 42 heavy (non-hydrogen) atoms. The Hall–Kier alpha value is -4.00. The highest BCUT2D eigenvalue weighted by molar-refractivity contribution is 9.10. The van der Waals surface area contributed by atoms with Crippen molar-refractivity contribution in [2.75, 3.05) is 5.32 Å². The van der Waals surface area contributed by atoms with Gasteiger partial charge < -0.3 is 5.32 Å². The number of nitrogens with one attached hydrogen (secondary N) is 1. The number of alkyl halides is 10. The molecule has 0 aliphatic rings. The van der Waals surface area contributed by atoms with E-state index in [0.717, 1.165) is 30.3 Å².